The molecule has 0 spiro atoms. The van der Waals surface area contributed by atoms with Crippen LogP contribution in [-0.4, -0.2) is 27.4 Å². The molecule has 2 aromatic rings. The average molecular weight is 354 g/mol. The maximum Gasteiger partial charge on any atom is 0.135 e. The number of nitrogens with one attached hydrogen (secondary N) is 1. The number of rotatable bonds is 3. The quantitative estimate of drug-likeness (QED) is 0.852. The van der Waals surface area contributed by atoms with Crippen molar-refractivity contribution >= 4 is 45.9 Å². The fourth-order valence-corrected chi connectivity index (χ4v) is 3.65. The molecule has 0 unspecified atom stereocenters. The Hall–Kier alpha value is -1.56. The van der Waals surface area contributed by atoms with E-state index in [1.165, 1.54) is 11.3 Å². The summed E-state index contributed by atoms with van der Waals surface area (Å²) in [5.41, 5.74) is 2.25. The van der Waals surface area contributed by atoms with Crippen molar-refractivity contribution in [3.63, 3.8) is 0 Å². The molecular formula is C15H13Cl2N3OS. The van der Waals surface area contributed by atoms with Gasteiger partial charge in [0.05, 0.1) is 12.1 Å². The Morgan fingerprint density at radius 2 is 2.18 bits per heavy atom. The van der Waals surface area contributed by atoms with Crippen molar-refractivity contribution < 1.29 is 5.11 Å². The van der Waals surface area contributed by atoms with Gasteiger partial charge in [-0.1, -0.05) is 29.3 Å². The van der Waals surface area contributed by atoms with Crippen LogP contribution < -0.4 is 0 Å². The number of aliphatic hydroxyl groups excluding tert-OH is 1. The number of hydrogen-bond acceptors (Lipinski definition) is 4. The van der Waals surface area contributed by atoms with Crippen molar-refractivity contribution in [3.05, 3.63) is 55.6 Å². The predicted molar refractivity (Wildman–Crippen MR) is 91.0 cm³/mol. The number of amidine groups is 1. The summed E-state index contributed by atoms with van der Waals surface area (Å²) >= 11 is 13.5. The van der Waals surface area contributed by atoms with E-state index in [0.717, 1.165) is 11.3 Å². The van der Waals surface area contributed by atoms with Gasteiger partial charge >= 0.3 is 0 Å². The third-order valence-electron chi connectivity index (χ3n) is 3.39. The minimum absolute atomic E-state index is 0.171. The summed E-state index contributed by atoms with van der Waals surface area (Å²) in [7, 11) is 0. The first-order chi connectivity index (χ1) is 10.5. The van der Waals surface area contributed by atoms with Crippen LogP contribution in [0.1, 0.15) is 16.3 Å². The van der Waals surface area contributed by atoms with Crippen LogP contribution in [0.5, 0.6) is 0 Å². The van der Waals surface area contributed by atoms with Gasteiger partial charge in [-0.05, 0) is 24.6 Å². The molecule has 114 valence electrons. The van der Waals surface area contributed by atoms with E-state index in [9.17, 15) is 5.11 Å². The van der Waals surface area contributed by atoms with E-state index in [1.54, 1.807) is 17.0 Å². The molecule has 4 nitrogen and oxygen atoms in total. The van der Waals surface area contributed by atoms with Crippen LogP contribution in [0, 0.1) is 12.3 Å². The SMILES string of the molecule is Cc1csc(C2=C(O)CN(Cc3ccc(Cl)cc3Cl)C2=N)n1. The molecule has 0 saturated carbocycles. The zero-order valence-corrected chi connectivity index (χ0v) is 14.1. The summed E-state index contributed by atoms with van der Waals surface area (Å²) in [5.74, 6) is 0.433. The lowest BCUT2D eigenvalue weighted by molar-refractivity contribution is 0.347. The van der Waals surface area contributed by atoms with E-state index in [0.29, 0.717) is 27.2 Å². The van der Waals surface area contributed by atoms with Crippen LogP contribution in [0.4, 0.5) is 0 Å². The summed E-state index contributed by atoms with van der Waals surface area (Å²) in [4.78, 5) is 6.11. The molecule has 0 amide bonds. The molecule has 7 heteroatoms. The summed E-state index contributed by atoms with van der Waals surface area (Å²) in [6.45, 7) is 2.61. The van der Waals surface area contributed by atoms with Crippen LogP contribution in [0.3, 0.4) is 0 Å². The zero-order chi connectivity index (χ0) is 15.9. The third-order valence-corrected chi connectivity index (χ3v) is 4.96. The summed E-state index contributed by atoms with van der Waals surface area (Å²) in [5, 5.41) is 22.2. The highest BCUT2D eigenvalue weighted by Gasteiger charge is 2.30. The molecule has 0 bridgehead atoms. The highest BCUT2D eigenvalue weighted by molar-refractivity contribution is 7.11. The lowest BCUT2D eigenvalue weighted by atomic mass is 10.2. The third kappa shape index (κ3) is 2.84. The van der Waals surface area contributed by atoms with Crippen LogP contribution in [0.25, 0.3) is 5.57 Å². The highest BCUT2D eigenvalue weighted by atomic mass is 35.5. The van der Waals surface area contributed by atoms with Gasteiger partial charge in [-0.3, -0.25) is 5.41 Å². The van der Waals surface area contributed by atoms with Gasteiger partial charge in [0.25, 0.3) is 0 Å². The summed E-state index contributed by atoms with van der Waals surface area (Å²) < 4.78 is 0. The molecule has 1 aromatic carbocycles. The molecule has 3 rings (SSSR count). The van der Waals surface area contributed by atoms with Crippen molar-refractivity contribution in [3.8, 4) is 0 Å². The molecule has 1 aliphatic heterocycles. The van der Waals surface area contributed by atoms with E-state index < -0.39 is 0 Å². The van der Waals surface area contributed by atoms with E-state index in [-0.39, 0.29) is 18.1 Å². The highest BCUT2D eigenvalue weighted by Crippen LogP contribution is 2.31. The Morgan fingerprint density at radius 3 is 2.82 bits per heavy atom. The molecule has 22 heavy (non-hydrogen) atoms. The second kappa shape index (κ2) is 5.91. The Balaban J connectivity index is 1.83. The fraction of sp³-hybridized carbons (Fsp3) is 0.200. The molecule has 0 aliphatic carbocycles. The monoisotopic (exact) mass is 353 g/mol. The number of thiazole rings is 1. The topological polar surface area (TPSA) is 60.2 Å². The first-order valence-corrected chi connectivity index (χ1v) is 8.21. The summed E-state index contributed by atoms with van der Waals surface area (Å²) in [6, 6.07) is 5.28. The molecule has 1 aromatic heterocycles. The molecule has 2 N–H and O–H groups in total. The number of nitrogens with zero attached hydrogens (tertiary/aromatic N) is 2. The molecular weight excluding hydrogens is 341 g/mol. The van der Waals surface area contributed by atoms with Crippen molar-refractivity contribution in [1.29, 1.82) is 5.41 Å². The molecule has 0 atom stereocenters. The minimum Gasteiger partial charge on any atom is -0.510 e. The van der Waals surface area contributed by atoms with Crippen molar-refractivity contribution in [2.24, 2.45) is 0 Å². The maximum absolute atomic E-state index is 10.2. The summed E-state index contributed by atoms with van der Waals surface area (Å²) in [6.07, 6.45) is 0. The predicted octanol–water partition coefficient (Wildman–Crippen LogP) is 4.52. The second-order valence-electron chi connectivity index (χ2n) is 5.06. The number of hydrogen-bond donors (Lipinski definition) is 2. The van der Waals surface area contributed by atoms with Gasteiger partial charge in [0.2, 0.25) is 0 Å². The molecule has 0 fully saturated rings. The lowest BCUT2D eigenvalue weighted by Gasteiger charge is -2.19. The van der Waals surface area contributed by atoms with Gasteiger partial charge in [-0.2, -0.15) is 0 Å². The molecule has 0 radical (unpaired) electrons. The number of aromatic nitrogens is 1. The van der Waals surface area contributed by atoms with E-state index >= 15 is 0 Å². The number of aliphatic hydroxyl groups is 1. The van der Waals surface area contributed by atoms with E-state index in [2.05, 4.69) is 4.98 Å². The molecule has 2 heterocycles. The van der Waals surface area contributed by atoms with E-state index in [1.807, 2.05) is 18.4 Å². The Bertz CT molecular complexity index is 785. The number of halogens is 2. The molecule has 1 aliphatic rings. The maximum atomic E-state index is 10.2. The first-order valence-electron chi connectivity index (χ1n) is 6.58. The number of benzene rings is 1. The standard InChI is InChI=1S/C15H13Cl2N3OS/c1-8-7-22-15(19-8)13-12(21)6-20(14(13)18)5-9-2-3-10(16)4-11(9)17/h2-4,7,18,21H,5-6H2,1H3. The zero-order valence-electron chi connectivity index (χ0n) is 11.7. The van der Waals surface area contributed by atoms with Crippen molar-refractivity contribution in [1.82, 2.24) is 9.88 Å². The Morgan fingerprint density at radius 1 is 1.41 bits per heavy atom. The van der Waals surface area contributed by atoms with Crippen molar-refractivity contribution in [2.45, 2.75) is 13.5 Å². The van der Waals surface area contributed by atoms with Gasteiger partial charge in [-0.25, -0.2) is 4.98 Å². The van der Waals surface area contributed by atoms with Crippen LogP contribution in [0.15, 0.2) is 29.3 Å². The van der Waals surface area contributed by atoms with Gasteiger partial charge < -0.3 is 10.0 Å². The molecule has 0 saturated heterocycles. The van der Waals surface area contributed by atoms with Crippen LogP contribution >= 0.6 is 34.5 Å². The Kier molecular flexibility index (Phi) is 4.12. The van der Waals surface area contributed by atoms with Crippen molar-refractivity contribution in [2.75, 3.05) is 6.54 Å². The Labute approximate surface area is 142 Å². The second-order valence-corrected chi connectivity index (χ2v) is 6.76. The number of aryl methyl sites for hydroxylation is 1. The smallest absolute Gasteiger partial charge is 0.135 e. The fourth-order valence-electron chi connectivity index (χ4n) is 2.32. The van der Waals surface area contributed by atoms with E-state index in [4.69, 9.17) is 28.6 Å². The first kappa shape index (κ1) is 15.3. The van der Waals surface area contributed by atoms with Crippen LogP contribution in [0.2, 0.25) is 10.0 Å². The lowest BCUT2D eigenvalue weighted by Crippen LogP contribution is -2.26. The van der Waals surface area contributed by atoms with Gasteiger partial charge in [-0.15, -0.1) is 11.3 Å². The van der Waals surface area contributed by atoms with Gasteiger partial charge in [0.15, 0.2) is 0 Å². The van der Waals surface area contributed by atoms with Crippen LogP contribution in [-0.2, 0) is 6.54 Å². The minimum atomic E-state index is 0.171. The van der Waals surface area contributed by atoms with Gasteiger partial charge in [0.1, 0.15) is 16.6 Å². The normalized spacial score (nSPS) is 15.0. The largest absolute Gasteiger partial charge is 0.510 e. The van der Waals surface area contributed by atoms with Gasteiger partial charge in [0, 0.05) is 27.7 Å². The average Bonchev–Trinajstić information content (AvgIpc) is 2.97.